The molecule has 4 heteroatoms. The van der Waals surface area contributed by atoms with E-state index in [1.54, 1.807) is 0 Å². The average molecular weight is 1040 g/mol. The predicted molar refractivity (Wildman–Crippen MR) is 334 cm³/mol. The molecule has 0 unspecified atom stereocenters. The molecule has 4 aromatic heterocycles. The largest absolute Gasteiger partial charge is 0.256 e. The Kier molecular flexibility index (Phi) is 10.9. The van der Waals surface area contributed by atoms with Crippen LogP contribution in [0, 0.1) is 0 Å². The van der Waals surface area contributed by atoms with Crippen molar-refractivity contribution in [3.8, 4) is 123 Å². The van der Waals surface area contributed by atoms with Crippen LogP contribution in [0.2, 0.25) is 0 Å². The third-order valence-corrected chi connectivity index (χ3v) is 18.2. The van der Waals surface area contributed by atoms with E-state index in [9.17, 15) is 0 Å². The van der Waals surface area contributed by atoms with Gasteiger partial charge in [-0.15, -0.1) is 0 Å². The molecule has 0 spiro atoms. The van der Waals surface area contributed by atoms with Gasteiger partial charge in [0.25, 0.3) is 0 Å². The van der Waals surface area contributed by atoms with Crippen molar-refractivity contribution in [1.82, 2.24) is 19.9 Å². The number of benzene rings is 8. The van der Waals surface area contributed by atoms with E-state index in [2.05, 4.69) is 224 Å². The molecule has 0 radical (unpaired) electrons. The first-order chi connectivity index (χ1) is 39.4. The molecule has 3 aliphatic rings. The van der Waals surface area contributed by atoms with Crippen molar-refractivity contribution in [3.05, 3.63) is 277 Å². The minimum absolute atomic E-state index is 0.202. The van der Waals surface area contributed by atoms with Gasteiger partial charge in [-0.2, -0.15) is 0 Å². The van der Waals surface area contributed by atoms with Crippen LogP contribution in [0.25, 0.3) is 123 Å². The lowest BCUT2D eigenvalue weighted by molar-refractivity contribution is 0.659. The lowest BCUT2D eigenvalue weighted by atomic mass is 9.79. The van der Waals surface area contributed by atoms with Crippen LogP contribution >= 0.6 is 0 Å². The Morgan fingerprint density at radius 3 is 0.704 bits per heavy atom. The molecule has 0 fully saturated rings. The summed E-state index contributed by atoms with van der Waals surface area (Å²) in [4.78, 5) is 19.0. The van der Waals surface area contributed by atoms with Crippen LogP contribution in [0.4, 0.5) is 0 Å². The predicted octanol–water partition coefficient (Wildman–Crippen LogP) is 19.5. The van der Waals surface area contributed by atoms with Crippen molar-refractivity contribution >= 4 is 0 Å². The fourth-order valence-electron chi connectivity index (χ4n) is 13.7. The van der Waals surface area contributed by atoms with Crippen LogP contribution in [0.3, 0.4) is 0 Å². The Balaban J connectivity index is 0.727. The average Bonchev–Trinajstić information content (AvgIpc) is 4.23. The van der Waals surface area contributed by atoms with Crippen molar-refractivity contribution in [2.75, 3.05) is 0 Å². The maximum Gasteiger partial charge on any atom is 0.0708 e. The fourth-order valence-corrected chi connectivity index (χ4v) is 13.7. The van der Waals surface area contributed by atoms with Crippen LogP contribution in [0.15, 0.2) is 243 Å². The molecule has 8 aromatic carbocycles. The Morgan fingerprint density at radius 2 is 0.432 bits per heavy atom. The van der Waals surface area contributed by atoms with E-state index in [0.717, 1.165) is 56.2 Å². The first-order valence-electron chi connectivity index (χ1n) is 28.2. The SMILES string of the molecule is CC1(C)c2cc(-c3ccc4c(c3)C(C)(C)c3cc(-c5cc(-c6ccccn6)ccc5-c5ccccn5)ccc3-4)ccc2-c2ccc(-c3ccc4c(c3)C(C)(C)c3cc(-c5cc(-c6ccccn6)ccc5-c5ccccn5)ccc3-4)cc21. The second kappa shape index (κ2) is 18.2. The van der Waals surface area contributed by atoms with Crippen molar-refractivity contribution in [2.24, 2.45) is 0 Å². The van der Waals surface area contributed by atoms with Crippen molar-refractivity contribution in [2.45, 2.75) is 57.8 Å². The summed E-state index contributed by atoms with van der Waals surface area (Å²) in [7, 11) is 0. The van der Waals surface area contributed by atoms with E-state index in [1.807, 2.05) is 61.2 Å². The number of rotatable bonds is 8. The second-order valence-corrected chi connectivity index (χ2v) is 23.8. The Bertz CT molecular complexity index is 4230. The monoisotopic (exact) mass is 1040 g/mol. The van der Waals surface area contributed by atoms with Gasteiger partial charge in [-0.1, -0.05) is 163 Å². The Morgan fingerprint density at radius 1 is 0.198 bits per heavy atom. The standard InChI is InChI=1S/C77H58N4/c1-75(2)65-41-47(49-21-29-57-59-31-23-51(45-69(59)76(3,4)67(57)43-49)63-39-53(71-15-7-11-35-78-71)25-33-61(63)73-17-9-13-37-80-73)19-27-55(65)56-28-20-48(42-66(56)75)50-22-30-58-60-32-24-52(46-70(60)77(5,6)68(58)44-50)64-40-54(72-16-8-12-36-79-72)26-34-62(64)74-18-10-14-38-81-74/h7-46H,1-6H3. The number of pyridine rings is 4. The highest BCUT2D eigenvalue weighted by Crippen LogP contribution is 2.55. The van der Waals surface area contributed by atoms with E-state index in [4.69, 9.17) is 19.9 Å². The zero-order valence-electron chi connectivity index (χ0n) is 46.4. The van der Waals surface area contributed by atoms with Gasteiger partial charge in [0.1, 0.15) is 0 Å². The summed E-state index contributed by atoms with van der Waals surface area (Å²) in [6, 6.07) is 80.5. The second-order valence-electron chi connectivity index (χ2n) is 23.8. The van der Waals surface area contributed by atoms with Gasteiger partial charge in [0.2, 0.25) is 0 Å². The van der Waals surface area contributed by atoms with Gasteiger partial charge in [0.15, 0.2) is 0 Å². The van der Waals surface area contributed by atoms with E-state index >= 15 is 0 Å². The molecule has 15 rings (SSSR count). The molecule has 3 aliphatic carbocycles. The normalized spacial score (nSPS) is 14.3. The molecular weight excluding hydrogens is 981 g/mol. The van der Waals surface area contributed by atoms with Gasteiger partial charge in [-0.25, -0.2) is 0 Å². The van der Waals surface area contributed by atoms with Gasteiger partial charge < -0.3 is 0 Å². The third-order valence-electron chi connectivity index (χ3n) is 18.2. The van der Waals surface area contributed by atoms with E-state index in [-0.39, 0.29) is 16.2 Å². The summed E-state index contributed by atoms with van der Waals surface area (Å²) in [6.07, 6.45) is 7.47. The minimum atomic E-state index is -0.223. The molecule has 0 aliphatic heterocycles. The fraction of sp³-hybridized carbons (Fsp3) is 0.117. The quantitative estimate of drug-likeness (QED) is 0.152. The lowest BCUT2D eigenvalue weighted by Crippen LogP contribution is -2.16. The molecule has 0 amide bonds. The van der Waals surface area contributed by atoms with Crippen LogP contribution in [0.1, 0.15) is 74.9 Å². The lowest BCUT2D eigenvalue weighted by Gasteiger charge is -2.24. The summed E-state index contributed by atoms with van der Waals surface area (Å²) < 4.78 is 0. The topological polar surface area (TPSA) is 51.6 Å². The summed E-state index contributed by atoms with van der Waals surface area (Å²) in [6.45, 7) is 14.4. The molecule has 0 saturated carbocycles. The molecule has 81 heavy (non-hydrogen) atoms. The van der Waals surface area contributed by atoms with Crippen LogP contribution in [-0.2, 0) is 16.2 Å². The molecule has 4 heterocycles. The summed E-state index contributed by atoms with van der Waals surface area (Å²) in [5.41, 5.74) is 33.1. The van der Waals surface area contributed by atoms with Gasteiger partial charge in [0, 0.05) is 63.3 Å². The highest BCUT2D eigenvalue weighted by Gasteiger charge is 2.40. The van der Waals surface area contributed by atoms with E-state index < -0.39 is 0 Å². The molecule has 0 saturated heterocycles. The molecular formula is C77H58N4. The highest BCUT2D eigenvalue weighted by atomic mass is 14.7. The number of aromatic nitrogens is 4. The zero-order valence-corrected chi connectivity index (χ0v) is 46.4. The summed E-state index contributed by atoms with van der Waals surface area (Å²) in [5.74, 6) is 0. The number of nitrogens with zero attached hydrogens (tertiary/aromatic N) is 4. The Labute approximate surface area is 474 Å². The smallest absolute Gasteiger partial charge is 0.0708 e. The summed E-state index contributed by atoms with van der Waals surface area (Å²) in [5, 5.41) is 0. The third kappa shape index (κ3) is 7.72. The first-order valence-corrected chi connectivity index (χ1v) is 28.2. The number of hydrogen-bond acceptors (Lipinski definition) is 4. The van der Waals surface area contributed by atoms with Gasteiger partial charge >= 0.3 is 0 Å². The number of hydrogen-bond donors (Lipinski definition) is 0. The van der Waals surface area contributed by atoms with Crippen molar-refractivity contribution < 1.29 is 0 Å². The van der Waals surface area contributed by atoms with E-state index in [0.29, 0.717) is 0 Å². The van der Waals surface area contributed by atoms with Crippen LogP contribution in [-0.4, -0.2) is 19.9 Å². The first kappa shape index (κ1) is 48.5. The molecule has 0 N–H and O–H groups in total. The van der Waals surface area contributed by atoms with E-state index in [1.165, 1.54) is 100 Å². The van der Waals surface area contributed by atoms with Crippen LogP contribution < -0.4 is 0 Å². The molecule has 0 atom stereocenters. The Hall–Kier alpha value is -9.64. The minimum Gasteiger partial charge on any atom is -0.256 e. The summed E-state index contributed by atoms with van der Waals surface area (Å²) >= 11 is 0. The van der Waals surface area contributed by atoms with Crippen molar-refractivity contribution in [3.63, 3.8) is 0 Å². The highest BCUT2D eigenvalue weighted by molar-refractivity contribution is 5.94. The van der Waals surface area contributed by atoms with Gasteiger partial charge in [0.05, 0.1) is 22.8 Å². The van der Waals surface area contributed by atoms with Gasteiger partial charge in [-0.05, 0) is 208 Å². The molecule has 12 aromatic rings. The van der Waals surface area contributed by atoms with Crippen molar-refractivity contribution in [1.29, 1.82) is 0 Å². The number of fused-ring (bicyclic) bond motifs is 9. The maximum absolute atomic E-state index is 4.79. The molecule has 0 bridgehead atoms. The van der Waals surface area contributed by atoms with Crippen LogP contribution in [0.5, 0.6) is 0 Å². The molecule has 386 valence electrons. The molecule has 4 nitrogen and oxygen atoms in total. The van der Waals surface area contributed by atoms with Gasteiger partial charge in [-0.3, -0.25) is 19.9 Å². The maximum atomic E-state index is 4.79. The zero-order chi connectivity index (χ0) is 54.8.